The van der Waals surface area contributed by atoms with Gasteiger partial charge >= 0.3 is 0 Å². The van der Waals surface area contributed by atoms with Gasteiger partial charge in [0.25, 0.3) is 0 Å². The van der Waals surface area contributed by atoms with E-state index in [4.69, 9.17) is 0 Å². The Balaban J connectivity index is 1.64. The van der Waals surface area contributed by atoms with E-state index in [1.54, 1.807) is 19.3 Å². The zero-order valence-corrected chi connectivity index (χ0v) is 12.5. The SMILES string of the molecule is CCNC(C1CC(C)CC(C)C1)C1CC2CC2C1. The van der Waals surface area contributed by atoms with Gasteiger partial charge in [-0.25, -0.2) is 0 Å². The first-order chi connectivity index (χ1) is 8.67. The molecule has 0 saturated heterocycles. The van der Waals surface area contributed by atoms with Crippen molar-refractivity contribution in [3.05, 3.63) is 0 Å². The number of hydrogen-bond donors (Lipinski definition) is 1. The van der Waals surface area contributed by atoms with Crippen LogP contribution < -0.4 is 5.32 Å². The number of hydrogen-bond acceptors (Lipinski definition) is 1. The first kappa shape index (κ1) is 13.0. The highest BCUT2D eigenvalue weighted by molar-refractivity contribution is 5.01. The van der Waals surface area contributed by atoms with E-state index in [-0.39, 0.29) is 0 Å². The molecule has 1 N–H and O–H groups in total. The van der Waals surface area contributed by atoms with E-state index in [1.165, 1.54) is 19.3 Å². The van der Waals surface area contributed by atoms with Crippen LogP contribution in [0.2, 0.25) is 0 Å². The van der Waals surface area contributed by atoms with E-state index in [2.05, 4.69) is 26.1 Å². The summed E-state index contributed by atoms with van der Waals surface area (Å²) in [4.78, 5) is 0. The van der Waals surface area contributed by atoms with Crippen LogP contribution in [0.3, 0.4) is 0 Å². The average Bonchev–Trinajstić information content (AvgIpc) is 2.92. The minimum Gasteiger partial charge on any atom is -0.314 e. The van der Waals surface area contributed by atoms with E-state index >= 15 is 0 Å². The van der Waals surface area contributed by atoms with E-state index in [1.807, 2.05) is 0 Å². The Morgan fingerprint density at radius 2 is 1.39 bits per heavy atom. The van der Waals surface area contributed by atoms with E-state index in [9.17, 15) is 0 Å². The lowest BCUT2D eigenvalue weighted by atomic mass is 9.70. The van der Waals surface area contributed by atoms with Gasteiger partial charge in [0.05, 0.1) is 0 Å². The molecule has 1 heteroatoms. The highest BCUT2D eigenvalue weighted by Crippen LogP contribution is 2.56. The van der Waals surface area contributed by atoms with Crippen LogP contribution in [0.4, 0.5) is 0 Å². The Morgan fingerprint density at radius 1 is 0.833 bits per heavy atom. The second kappa shape index (κ2) is 5.15. The number of nitrogens with one attached hydrogen (secondary N) is 1. The topological polar surface area (TPSA) is 12.0 Å². The highest BCUT2D eigenvalue weighted by Gasteiger charge is 2.49. The van der Waals surface area contributed by atoms with Crippen LogP contribution in [-0.2, 0) is 0 Å². The van der Waals surface area contributed by atoms with Crippen molar-refractivity contribution in [2.24, 2.45) is 35.5 Å². The van der Waals surface area contributed by atoms with Gasteiger partial charge in [-0.2, -0.15) is 0 Å². The third-order valence-electron chi connectivity index (χ3n) is 5.95. The fraction of sp³-hybridized carbons (Fsp3) is 1.00. The molecule has 0 amide bonds. The minimum atomic E-state index is 0.841. The Morgan fingerprint density at radius 3 is 1.94 bits per heavy atom. The predicted molar refractivity (Wildman–Crippen MR) is 77.5 cm³/mol. The number of rotatable bonds is 4. The fourth-order valence-corrected chi connectivity index (χ4v) is 5.31. The van der Waals surface area contributed by atoms with Crippen molar-refractivity contribution in [3.63, 3.8) is 0 Å². The summed E-state index contributed by atoms with van der Waals surface area (Å²) in [6, 6.07) is 0.841. The lowest BCUT2D eigenvalue weighted by molar-refractivity contribution is 0.140. The summed E-state index contributed by atoms with van der Waals surface area (Å²) in [5.41, 5.74) is 0. The molecule has 18 heavy (non-hydrogen) atoms. The molecule has 5 atom stereocenters. The van der Waals surface area contributed by atoms with Crippen molar-refractivity contribution < 1.29 is 0 Å². The van der Waals surface area contributed by atoms with Crippen molar-refractivity contribution in [2.75, 3.05) is 6.54 Å². The molecule has 0 radical (unpaired) electrons. The summed E-state index contributed by atoms with van der Waals surface area (Å²) < 4.78 is 0. The molecule has 0 bridgehead atoms. The van der Waals surface area contributed by atoms with Gasteiger partial charge in [-0.3, -0.25) is 0 Å². The van der Waals surface area contributed by atoms with Gasteiger partial charge in [0.15, 0.2) is 0 Å². The quantitative estimate of drug-likeness (QED) is 0.791. The van der Waals surface area contributed by atoms with Crippen molar-refractivity contribution >= 4 is 0 Å². The Bertz CT molecular complexity index is 267. The largest absolute Gasteiger partial charge is 0.314 e. The lowest BCUT2D eigenvalue weighted by Gasteiger charge is -2.40. The molecule has 5 unspecified atom stereocenters. The summed E-state index contributed by atoms with van der Waals surface area (Å²) in [6.45, 7) is 8.39. The summed E-state index contributed by atoms with van der Waals surface area (Å²) in [7, 11) is 0. The standard InChI is InChI=1S/C17H31N/c1-4-18-17(16-9-13-8-14(13)10-16)15-6-11(2)5-12(3)7-15/h11-18H,4-10H2,1-3H3. The van der Waals surface area contributed by atoms with Gasteiger partial charge < -0.3 is 5.32 Å². The van der Waals surface area contributed by atoms with Gasteiger partial charge in [0, 0.05) is 6.04 Å². The summed E-state index contributed by atoms with van der Waals surface area (Å²) in [6.07, 6.45) is 9.07. The van der Waals surface area contributed by atoms with Gasteiger partial charge in [-0.05, 0) is 80.6 Å². The minimum absolute atomic E-state index is 0.841. The fourth-order valence-electron chi connectivity index (χ4n) is 5.31. The lowest BCUT2D eigenvalue weighted by Crippen LogP contribution is -2.44. The molecule has 3 rings (SSSR count). The van der Waals surface area contributed by atoms with Crippen LogP contribution >= 0.6 is 0 Å². The smallest absolute Gasteiger partial charge is 0.0124 e. The van der Waals surface area contributed by atoms with Gasteiger partial charge in [0.2, 0.25) is 0 Å². The van der Waals surface area contributed by atoms with Crippen LogP contribution in [0.1, 0.15) is 59.3 Å². The van der Waals surface area contributed by atoms with Crippen molar-refractivity contribution in [1.82, 2.24) is 5.32 Å². The molecule has 3 aliphatic carbocycles. The van der Waals surface area contributed by atoms with E-state index in [0.717, 1.165) is 48.1 Å². The molecular formula is C17H31N. The van der Waals surface area contributed by atoms with Crippen LogP contribution in [0.15, 0.2) is 0 Å². The van der Waals surface area contributed by atoms with Crippen LogP contribution in [-0.4, -0.2) is 12.6 Å². The van der Waals surface area contributed by atoms with Crippen molar-refractivity contribution in [1.29, 1.82) is 0 Å². The highest BCUT2D eigenvalue weighted by atomic mass is 14.9. The van der Waals surface area contributed by atoms with Crippen LogP contribution in [0, 0.1) is 35.5 Å². The first-order valence-corrected chi connectivity index (χ1v) is 8.40. The second-order valence-electron chi connectivity index (χ2n) is 7.75. The molecule has 0 spiro atoms. The third-order valence-corrected chi connectivity index (χ3v) is 5.95. The molecule has 0 aliphatic heterocycles. The molecule has 0 aromatic heterocycles. The van der Waals surface area contributed by atoms with Gasteiger partial charge in [-0.15, -0.1) is 0 Å². The van der Waals surface area contributed by atoms with Gasteiger partial charge in [0.1, 0.15) is 0 Å². The monoisotopic (exact) mass is 249 g/mol. The van der Waals surface area contributed by atoms with Crippen LogP contribution in [0.5, 0.6) is 0 Å². The molecule has 3 fully saturated rings. The predicted octanol–water partition coefficient (Wildman–Crippen LogP) is 4.08. The Labute approximate surface area is 113 Å². The summed E-state index contributed by atoms with van der Waals surface area (Å²) >= 11 is 0. The van der Waals surface area contributed by atoms with Crippen molar-refractivity contribution in [2.45, 2.75) is 65.3 Å². The third kappa shape index (κ3) is 2.61. The molecule has 0 aromatic rings. The Hall–Kier alpha value is -0.0400. The van der Waals surface area contributed by atoms with E-state index < -0.39 is 0 Å². The maximum Gasteiger partial charge on any atom is 0.0124 e. The van der Waals surface area contributed by atoms with Crippen LogP contribution in [0.25, 0.3) is 0 Å². The maximum atomic E-state index is 3.88. The average molecular weight is 249 g/mol. The molecular weight excluding hydrogens is 218 g/mol. The second-order valence-corrected chi connectivity index (χ2v) is 7.75. The zero-order chi connectivity index (χ0) is 12.7. The maximum absolute atomic E-state index is 3.88. The van der Waals surface area contributed by atoms with E-state index in [0.29, 0.717) is 0 Å². The first-order valence-electron chi connectivity index (χ1n) is 8.40. The molecule has 0 aromatic carbocycles. The summed E-state index contributed by atoms with van der Waals surface area (Å²) in [5, 5.41) is 3.88. The molecule has 3 saturated carbocycles. The molecule has 104 valence electrons. The van der Waals surface area contributed by atoms with Crippen molar-refractivity contribution in [3.8, 4) is 0 Å². The molecule has 3 aliphatic rings. The molecule has 0 heterocycles. The normalized spacial score (nSPS) is 48.8. The number of fused-ring (bicyclic) bond motifs is 1. The molecule has 1 nitrogen and oxygen atoms in total. The Kier molecular flexibility index (Phi) is 3.71. The van der Waals surface area contributed by atoms with Gasteiger partial charge in [-0.1, -0.05) is 20.8 Å². The zero-order valence-electron chi connectivity index (χ0n) is 12.5. The summed E-state index contributed by atoms with van der Waals surface area (Å²) in [5.74, 6) is 6.15.